The number of unbranched alkanes of at least 4 members (excludes halogenated alkanes) is 1. The van der Waals surface area contributed by atoms with E-state index in [9.17, 15) is 0 Å². The molecule has 0 aromatic heterocycles. The summed E-state index contributed by atoms with van der Waals surface area (Å²) >= 11 is 0. The van der Waals surface area contributed by atoms with Crippen LogP contribution in [0.4, 0.5) is 0 Å². The van der Waals surface area contributed by atoms with E-state index in [0.717, 1.165) is 6.54 Å². The van der Waals surface area contributed by atoms with Gasteiger partial charge in [0.2, 0.25) is 0 Å². The molecule has 0 saturated heterocycles. The van der Waals surface area contributed by atoms with Crippen LogP contribution in [0.5, 0.6) is 0 Å². The Labute approximate surface area is 177 Å². The average Bonchev–Trinajstić information content (AvgIpc) is 2.77. The number of nitrogens with one attached hydrogen (secondary N) is 1. The smallest absolute Gasteiger partial charge is 0.100 e. The van der Waals surface area contributed by atoms with Crippen LogP contribution in [-0.4, -0.2) is 38.5 Å². The summed E-state index contributed by atoms with van der Waals surface area (Å²) in [6, 6.07) is 33.2. The van der Waals surface area contributed by atoms with Crippen molar-refractivity contribution < 1.29 is 10.0 Å². The van der Waals surface area contributed by atoms with E-state index >= 15 is 0 Å². The summed E-state index contributed by atoms with van der Waals surface area (Å²) in [4.78, 5) is 1.29. The first-order chi connectivity index (χ1) is 14.1. The van der Waals surface area contributed by atoms with Crippen LogP contribution in [0.1, 0.15) is 19.8 Å². The third kappa shape index (κ3) is 6.32. The van der Waals surface area contributed by atoms with Gasteiger partial charge in [0, 0.05) is 0 Å². The number of rotatable bonds is 8. The molecule has 3 heteroatoms. The molecule has 3 rings (SSSR count). The van der Waals surface area contributed by atoms with Gasteiger partial charge in [-0.1, -0.05) is 111 Å². The summed E-state index contributed by atoms with van der Waals surface area (Å²) in [5.41, 5.74) is 4.33. The minimum Gasteiger partial charge on any atom is -0.391 e. The van der Waals surface area contributed by atoms with Gasteiger partial charge >= 0.3 is 0 Å². The number of aliphatic hydroxyl groups is 1. The lowest BCUT2D eigenvalue weighted by Gasteiger charge is -2.43. The van der Waals surface area contributed by atoms with Gasteiger partial charge in [0.25, 0.3) is 0 Å². The molecule has 3 aromatic carbocycles. The van der Waals surface area contributed by atoms with Crippen molar-refractivity contribution in [2.45, 2.75) is 26.1 Å². The molecule has 0 unspecified atom stereocenters. The topological polar surface area (TPSA) is 24.7 Å². The normalized spacial score (nSPS) is 11.1. The lowest BCUT2D eigenvalue weighted by molar-refractivity contribution is -0.858. The molecular formula is C26H36BNO. The number of aliphatic hydroxyl groups excluding tert-OH is 1. The summed E-state index contributed by atoms with van der Waals surface area (Å²) in [6.45, 7) is 3.42. The van der Waals surface area contributed by atoms with Crippen LogP contribution in [0.3, 0.4) is 0 Å². The van der Waals surface area contributed by atoms with Crippen LogP contribution >= 0.6 is 0 Å². The van der Waals surface area contributed by atoms with Gasteiger partial charge in [0.15, 0.2) is 0 Å². The Balaban J connectivity index is 0.000000438. The average molecular weight is 389 g/mol. The molecule has 154 valence electrons. The minimum atomic E-state index is -0.913. The number of benzene rings is 3. The van der Waals surface area contributed by atoms with Crippen molar-refractivity contribution in [2.24, 2.45) is 0 Å². The molecule has 29 heavy (non-hydrogen) atoms. The molecule has 0 fully saturated rings. The molecule has 2 N–H and O–H groups in total. The van der Waals surface area contributed by atoms with Crippen molar-refractivity contribution >= 4 is 22.5 Å². The van der Waals surface area contributed by atoms with Crippen LogP contribution in [0.25, 0.3) is 0 Å². The second-order valence-corrected chi connectivity index (χ2v) is 8.10. The summed E-state index contributed by atoms with van der Waals surface area (Å²) in [5.74, 6) is 0. The zero-order chi connectivity index (χ0) is 21.0. The highest BCUT2D eigenvalue weighted by Gasteiger charge is 2.28. The molecule has 0 saturated carbocycles. The third-order valence-electron chi connectivity index (χ3n) is 5.71. The highest BCUT2D eigenvalue weighted by Crippen LogP contribution is 2.16. The van der Waals surface area contributed by atoms with Crippen LogP contribution in [0.2, 0.25) is 6.32 Å². The number of likely N-dealkylation sites (N-methyl/N-ethyl adjacent to an activating group) is 1. The van der Waals surface area contributed by atoms with Crippen molar-refractivity contribution in [3.63, 3.8) is 0 Å². The fourth-order valence-electron chi connectivity index (χ4n) is 4.16. The van der Waals surface area contributed by atoms with Gasteiger partial charge in [-0.05, 0) is 0 Å². The van der Waals surface area contributed by atoms with Crippen molar-refractivity contribution in [3.8, 4) is 0 Å². The van der Waals surface area contributed by atoms with Gasteiger partial charge in [-0.15, -0.1) is 0 Å². The Morgan fingerprint density at radius 1 is 0.690 bits per heavy atom. The van der Waals surface area contributed by atoms with Crippen LogP contribution < -0.4 is 21.3 Å². The van der Waals surface area contributed by atoms with Crippen molar-refractivity contribution in [2.75, 3.05) is 27.2 Å². The molecule has 0 radical (unpaired) electrons. The Hall–Kier alpha value is -2.36. The monoisotopic (exact) mass is 389 g/mol. The van der Waals surface area contributed by atoms with E-state index in [-0.39, 0.29) is 0 Å². The minimum absolute atomic E-state index is 0.294. The van der Waals surface area contributed by atoms with E-state index in [2.05, 4.69) is 97.9 Å². The first-order valence-corrected chi connectivity index (χ1v) is 10.9. The lowest BCUT2D eigenvalue weighted by atomic mass is 9.14. The van der Waals surface area contributed by atoms with Gasteiger partial charge in [0.1, 0.15) is 6.54 Å². The lowest BCUT2D eigenvalue weighted by Crippen LogP contribution is -3.06. The second-order valence-electron chi connectivity index (χ2n) is 8.10. The number of quaternary nitrogens is 1. The molecule has 0 aliphatic rings. The molecule has 0 atom stereocenters. The highest BCUT2D eigenvalue weighted by atomic mass is 16.3. The predicted octanol–water partition coefficient (Wildman–Crippen LogP) is 2.08. The molecular weight excluding hydrogens is 353 g/mol. The molecule has 0 heterocycles. The molecule has 0 bridgehead atoms. The van der Waals surface area contributed by atoms with Gasteiger partial charge in [-0.2, -0.15) is 22.7 Å². The number of hydrogen-bond donors (Lipinski definition) is 2. The van der Waals surface area contributed by atoms with E-state index in [0.29, 0.717) is 6.61 Å². The summed E-state index contributed by atoms with van der Waals surface area (Å²) < 4.78 is 0. The van der Waals surface area contributed by atoms with E-state index in [4.69, 9.17) is 5.11 Å². The molecule has 0 amide bonds. The zero-order valence-electron chi connectivity index (χ0n) is 18.2. The van der Waals surface area contributed by atoms with Gasteiger partial charge in [-0.25, -0.2) is 0 Å². The third-order valence-corrected chi connectivity index (χ3v) is 5.71. The maximum Gasteiger partial charge on any atom is 0.100 e. The first kappa shape index (κ1) is 22.9. The fourth-order valence-corrected chi connectivity index (χ4v) is 4.16. The summed E-state index contributed by atoms with van der Waals surface area (Å²) in [7, 11) is 4.02. The van der Waals surface area contributed by atoms with Crippen molar-refractivity contribution in [3.05, 3.63) is 91.0 Å². The first-order valence-electron chi connectivity index (χ1n) is 10.9. The van der Waals surface area contributed by atoms with Gasteiger partial charge < -0.3 is 10.0 Å². The highest BCUT2D eigenvalue weighted by molar-refractivity contribution is 7.11. The molecule has 0 aliphatic carbocycles. The SMILES string of the molecule is CCCC[B-](c1ccccc1)(c1ccccc1)c1ccccc1.C[NH+](C)CCO. The predicted molar refractivity (Wildman–Crippen MR) is 128 cm³/mol. The molecule has 3 aromatic rings. The maximum atomic E-state index is 8.22. The number of hydrogen-bond acceptors (Lipinski definition) is 1. The molecule has 2 nitrogen and oxygen atoms in total. The second kappa shape index (κ2) is 12.3. The van der Waals surface area contributed by atoms with Crippen molar-refractivity contribution in [1.29, 1.82) is 0 Å². The van der Waals surface area contributed by atoms with Gasteiger partial charge in [-0.3, -0.25) is 0 Å². The van der Waals surface area contributed by atoms with E-state index in [1.165, 1.54) is 40.5 Å². The standard InChI is InChI=1S/C22H24B.C4H11NO/c1-2-3-19-23(20-13-7-4-8-14-20,21-15-9-5-10-16-21)22-17-11-6-12-18-22;1-5(2)3-4-6/h4-18H,2-3,19H2,1H3;6H,3-4H2,1-2H3/q-1;/p+1. The quantitative estimate of drug-likeness (QED) is 0.567. The van der Waals surface area contributed by atoms with E-state index in [1.54, 1.807) is 0 Å². The van der Waals surface area contributed by atoms with Crippen LogP contribution in [0, 0.1) is 0 Å². The van der Waals surface area contributed by atoms with Crippen LogP contribution in [0.15, 0.2) is 91.0 Å². The molecule has 0 spiro atoms. The van der Waals surface area contributed by atoms with Gasteiger partial charge in [0.05, 0.1) is 26.8 Å². The summed E-state index contributed by atoms with van der Waals surface area (Å²) in [5, 5.41) is 8.22. The van der Waals surface area contributed by atoms with E-state index in [1.807, 2.05) is 14.1 Å². The van der Waals surface area contributed by atoms with Crippen LogP contribution in [-0.2, 0) is 0 Å². The fraction of sp³-hybridized carbons (Fsp3) is 0.308. The Morgan fingerprint density at radius 2 is 1.07 bits per heavy atom. The Kier molecular flexibility index (Phi) is 9.69. The zero-order valence-corrected chi connectivity index (χ0v) is 18.2. The maximum absolute atomic E-state index is 8.22. The summed E-state index contributed by atoms with van der Waals surface area (Å²) in [6.07, 6.45) is 2.73. The Bertz CT molecular complexity index is 694. The largest absolute Gasteiger partial charge is 0.391 e. The Morgan fingerprint density at radius 3 is 1.31 bits per heavy atom. The molecule has 0 aliphatic heterocycles. The van der Waals surface area contributed by atoms with Crippen molar-refractivity contribution in [1.82, 2.24) is 0 Å². The van der Waals surface area contributed by atoms with E-state index < -0.39 is 6.15 Å².